The minimum Gasteiger partial charge on any atom is -0.490 e. The van der Waals surface area contributed by atoms with Gasteiger partial charge in [-0.25, -0.2) is 9.29 Å². The quantitative estimate of drug-likeness (QED) is 0.0776. The van der Waals surface area contributed by atoms with E-state index in [2.05, 4.69) is 35.6 Å². The molecule has 0 saturated carbocycles. The molecule has 1 aromatic carbocycles. The largest absolute Gasteiger partial charge is 0.490 e. The summed E-state index contributed by atoms with van der Waals surface area (Å²) in [5, 5.41) is 8.86. The number of fused-ring (bicyclic) bond motifs is 1. The molecule has 0 aliphatic carbocycles. The molecule has 39 heavy (non-hydrogen) atoms. The van der Waals surface area contributed by atoms with Gasteiger partial charge in [0.15, 0.2) is 17.5 Å². The number of hydrogen-bond donors (Lipinski definition) is 2. The van der Waals surface area contributed by atoms with Crippen molar-refractivity contribution in [2.75, 3.05) is 51.8 Å². The van der Waals surface area contributed by atoms with Crippen molar-refractivity contribution >= 4 is 44.3 Å². The highest BCUT2D eigenvalue weighted by Gasteiger charge is 2.51. The fraction of sp³-hybridized carbons (Fsp3) is 0.500. The molecule has 2 saturated heterocycles. The zero-order valence-corrected chi connectivity index (χ0v) is 23.5. The molecule has 1 aromatic heterocycles. The first kappa shape index (κ1) is 27.3. The Labute approximate surface area is 230 Å². The van der Waals surface area contributed by atoms with Gasteiger partial charge in [0.2, 0.25) is 0 Å². The van der Waals surface area contributed by atoms with Gasteiger partial charge < -0.3 is 24.3 Å². The number of hydrogen-bond acceptors (Lipinski definition) is 10. The van der Waals surface area contributed by atoms with Crippen LogP contribution in [-0.2, 0) is 37.7 Å². The Bertz CT molecular complexity index is 1420. The van der Waals surface area contributed by atoms with Crippen molar-refractivity contribution in [2.45, 2.75) is 32.0 Å². The number of ether oxygens (including phenoxy) is 1. The molecular weight excluding hydrogens is 548 g/mol. The number of likely N-dealkylation sites (N-methyl/N-ethyl adjacent to an activating group) is 1. The van der Waals surface area contributed by atoms with Gasteiger partial charge >= 0.3 is 10.3 Å². The average Bonchev–Trinajstić information content (AvgIpc) is 3.60. The lowest BCUT2D eigenvalue weighted by atomic mass is 9.98. The molecule has 2 fully saturated rings. The molecule has 5 rings (SSSR count). The van der Waals surface area contributed by atoms with Gasteiger partial charge in [-0.05, 0) is 30.7 Å². The van der Waals surface area contributed by atoms with E-state index in [9.17, 15) is 22.6 Å². The minimum atomic E-state index is -4.71. The zero-order chi connectivity index (χ0) is 27.9. The van der Waals surface area contributed by atoms with Crippen molar-refractivity contribution in [1.82, 2.24) is 14.6 Å². The zero-order valence-electron chi connectivity index (χ0n) is 21.9. The molecule has 0 unspecified atom stereocenters. The molecule has 210 valence electrons. The van der Waals surface area contributed by atoms with E-state index in [-0.39, 0.29) is 24.6 Å². The number of amides is 2. The highest BCUT2D eigenvalue weighted by molar-refractivity contribution is 7.84. The Hall–Kier alpha value is -3.27. The van der Waals surface area contributed by atoms with Gasteiger partial charge in [0.25, 0.3) is 11.8 Å². The maximum Gasteiger partial charge on any atom is 0.362 e. The summed E-state index contributed by atoms with van der Waals surface area (Å²) >= 11 is 1.35. The second-order valence-corrected chi connectivity index (χ2v) is 12.6. The second kappa shape index (κ2) is 10.4. The van der Waals surface area contributed by atoms with Crippen molar-refractivity contribution in [1.29, 1.82) is 0 Å². The summed E-state index contributed by atoms with van der Waals surface area (Å²) in [5.41, 5.74) is 2.71. The summed E-state index contributed by atoms with van der Waals surface area (Å²) < 4.78 is 39.0. The van der Waals surface area contributed by atoms with Gasteiger partial charge in [-0.3, -0.25) is 14.1 Å². The number of β-lactam (4-membered cyclic amide) rings is 1. The molecule has 15 heteroatoms. The van der Waals surface area contributed by atoms with Gasteiger partial charge in [0.1, 0.15) is 30.6 Å². The first-order valence-electron chi connectivity index (χ1n) is 12.5. The third-order valence-electron chi connectivity index (χ3n) is 6.90. The molecule has 0 spiro atoms. The van der Waals surface area contributed by atoms with Crippen LogP contribution < -0.4 is 15.0 Å². The summed E-state index contributed by atoms with van der Waals surface area (Å²) in [6, 6.07) is 3.97. The number of rotatable bonds is 10. The Kier molecular flexibility index (Phi) is 7.26. The first-order valence-corrected chi connectivity index (χ1v) is 14.8. The van der Waals surface area contributed by atoms with Crippen LogP contribution in [0.1, 0.15) is 23.7 Å². The van der Waals surface area contributed by atoms with Gasteiger partial charge in [-0.2, -0.15) is 8.42 Å². The maximum absolute atomic E-state index is 13.1. The summed E-state index contributed by atoms with van der Waals surface area (Å²) in [5.74, 6) is -0.965. The molecule has 3 aliphatic heterocycles. The number of nitrogens with zero attached hydrogens (tertiary/aromatic N) is 5. The topological polar surface area (TPSA) is 150 Å². The number of nitrogens with one attached hydrogen (secondary N) is 1. The maximum atomic E-state index is 13.1. The standard InChI is InChI=1S/C24H30N6O7S2/c1-15-20(23(32)29(15)39(33,34)35)26-22(31)21(19-14-38-24(25-19)28-7-8-28)27-37-11-10-36-18-5-4-17-13-30(2,3)9-6-16(17)12-18/h4-5,12,14-15,20H,6-11,13H2,1-3H3,(H-,26,31,33,34,35)/p+1/b27-21-/t15-,20-/m0/s1. The van der Waals surface area contributed by atoms with Crippen LogP contribution in [0.4, 0.5) is 5.13 Å². The average molecular weight is 580 g/mol. The fourth-order valence-corrected chi connectivity index (χ4v) is 6.37. The monoisotopic (exact) mass is 579 g/mol. The predicted molar refractivity (Wildman–Crippen MR) is 143 cm³/mol. The van der Waals surface area contributed by atoms with Crippen molar-refractivity contribution < 1.29 is 36.6 Å². The number of carbonyl (C=O) groups is 2. The normalized spacial score (nSPS) is 22.2. The van der Waals surface area contributed by atoms with Crippen LogP contribution >= 0.6 is 11.3 Å². The smallest absolute Gasteiger partial charge is 0.362 e. The summed E-state index contributed by atoms with van der Waals surface area (Å²) in [6.45, 7) is 5.43. The molecule has 13 nitrogen and oxygen atoms in total. The van der Waals surface area contributed by atoms with Crippen molar-refractivity contribution in [3.8, 4) is 5.75 Å². The number of oxime groups is 1. The van der Waals surface area contributed by atoms with Crippen LogP contribution in [0.2, 0.25) is 0 Å². The van der Waals surface area contributed by atoms with Crippen LogP contribution in [0.3, 0.4) is 0 Å². The van der Waals surface area contributed by atoms with E-state index in [4.69, 9.17) is 9.57 Å². The number of quaternary nitrogens is 1. The van der Waals surface area contributed by atoms with Crippen LogP contribution in [0.5, 0.6) is 5.75 Å². The summed E-state index contributed by atoms with van der Waals surface area (Å²) in [4.78, 5) is 37.2. The Morgan fingerprint density at radius 1 is 1.28 bits per heavy atom. The molecular formula is C24H31N6O7S2+. The molecule has 2 N–H and O–H groups in total. The summed E-state index contributed by atoms with van der Waals surface area (Å²) in [6.07, 6.45) is 0.982. The third-order valence-corrected chi connectivity index (χ3v) is 8.81. The second-order valence-electron chi connectivity index (χ2n) is 10.4. The van der Waals surface area contributed by atoms with Gasteiger partial charge in [0.05, 0.1) is 26.7 Å². The predicted octanol–water partition coefficient (Wildman–Crippen LogP) is 0.414. The lowest BCUT2D eigenvalue weighted by Crippen LogP contribution is -2.71. The lowest BCUT2D eigenvalue weighted by Gasteiger charge is -2.42. The van der Waals surface area contributed by atoms with Gasteiger partial charge in [-0.15, -0.1) is 11.3 Å². The van der Waals surface area contributed by atoms with Crippen LogP contribution in [-0.4, -0.2) is 103 Å². The Morgan fingerprint density at radius 3 is 2.74 bits per heavy atom. The van der Waals surface area contributed by atoms with Crippen LogP contribution in [0.25, 0.3) is 0 Å². The number of carbonyl (C=O) groups excluding carboxylic acids is 2. The van der Waals surface area contributed by atoms with E-state index in [0.29, 0.717) is 4.31 Å². The first-order chi connectivity index (χ1) is 18.4. The SMILES string of the molecule is C[C@H]1[C@H](NC(=O)/C(=N\OCCOc2ccc3c(c2)CC[N+](C)(C)C3)c2csc(N3CC3)n2)C(=O)N1S(=O)(=O)O. The molecule has 3 aliphatic rings. The van der Waals surface area contributed by atoms with Crippen LogP contribution in [0.15, 0.2) is 28.7 Å². The van der Waals surface area contributed by atoms with E-state index < -0.39 is 34.2 Å². The third kappa shape index (κ3) is 6.00. The Balaban J connectivity index is 1.21. The van der Waals surface area contributed by atoms with E-state index in [1.54, 1.807) is 5.38 Å². The highest BCUT2D eigenvalue weighted by atomic mass is 32.2. The van der Waals surface area contributed by atoms with E-state index in [1.165, 1.54) is 29.4 Å². The van der Waals surface area contributed by atoms with Crippen molar-refractivity contribution in [2.24, 2.45) is 5.16 Å². The number of benzene rings is 1. The molecule has 0 radical (unpaired) electrons. The van der Waals surface area contributed by atoms with Gasteiger partial charge in [-0.1, -0.05) is 5.16 Å². The number of anilines is 1. The van der Waals surface area contributed by atoms with E-state index in [0.717, 1.165) is 48.0 Å². The van der Waals surface area contributed by atoms with Crippen molar-refractivity contribution in [3.63, 3.8) is 0 Å². The molecule has 2 amide bonds. The number of aromatic nitrogens is 1. The highest BCUT2D eigenvalue weighted by Crippen LogP contribution is 2.28. The van der Waals surface area contributed by atoms with E-state index >= 15 is 0 Å². The van der Waals surface area contributed by atoms with Gasteiger partial charge in [0, 0.05) is 30.5 Å². The minimum absolute atomic E-state index is 0.0518. The number of thiazole rings is 1. The summed E-state index contributed by atoms with van der Waals surface area (Å²) in [7, 11) is -0.278. The fourth-order valence-electron chi connectivity index (χ4n) is 4.63. The van der Waals surface area contributed by atoms with E-state index in [1.807, 2.05) is 17.0 Å². The molecule has 2 aromatic rings. The van der Waals surface area contributed by atoms with Crippen molar-refractivity contribution in [3.05, 3.63) is 40.4 Å². The molecule has 0 bridgehead atoms. The lowest BCUT2D eigenvalue weighted by molar-refractivity contribution is -0.905. The van der Waals surface area contributed by atoms with Crippen LogP contribution in [0, 0.1) is 0 Å². The Morgan fingerprint density at radius 2 is 2.05 bits per heavy atom. The molecule has 4 heterocycles. The molecule has 2 atom stereocenters.